The van der Waals surface area contributed by atoms with Gasteiger partial charge in [0, 0.05) is 6.04 Å². The van der Waals surface area contributed by atoms with Gasteiger partial charge in [0.2, 0.25) is 0 Å². The van der Waals surface area contributed by atoms with Crippen molar-refractivity contribution in [2.24, 2.45) is 11.5 Å². The van der Waals surface area contributed by atoms with Crippen LogP contribution in [0.1, 0.15) is 12.8 Å². The molecular formula is C5H14N2O3S. The molecule has 1 atom stereocenters. The van der Waals surface area contributed by atoms with Gasteiger partial charge in [-0.15, -0.1) is 0 Å². The van der Waals surface area contributed by atoms with E-state index in [2.05, 4.69) is 0 Å². The molecule has 0 bridgehead atoms. The van der Waals surface area contributed by atoms with Crippen molar-refractivity contribution in [1.29, 1.82) is 0 Å². The summed E-state index contributed by atoms with van der Waals surface area (Å²) in [6.07, 6.45) is 1.20. The van der Waals surface area contributed by atoms with Gasteiger partial charge in [0.25, 0.3) is 10.1 Å². The van der Waals surface area contributed by atoms with E-state index in [9.17, 15) is 8.42 Å². The third kappa shape index (κ3) is 7.73. The zero-order chi connectivity index (χ0) is 8.91. The first-order valence-electron chi connectivity index (χ1n) is 3.36. The molecule has 0 saturated heterocycles. The molecule has 0 aliphatic rings. The number of nitrogens with two attached hydrogens (primary N) is 2. The maximum absolute atomic E-state index is 10.2. The zero-order valence-electron chi connectivity index (χ0n) is 6.23. The second-order valence-electron chi connectivity index (χ2n) is 2.44. The summed E-state index contributed by atoms with van der Waals surface area (Å²) in [5.74, 6) is -0.382. The van der Waals surface area contributed by atoms with Crippen LogP contribution in [0.4, 0.5) is 0 Å². The van der Waals surface area contributed by atoms with Gasteiger partial charge < -0.3 is 11.5 Å². The van der Waals surface area contributed by atoms with Crippen LogP contribution < -0.4 is 11.5 Å². The molecule has 0 fully saturated rings. The molecule has 0 aromatic carbocycles. The van der Waals surface area contributed by atoms with Gasteiger partial charge in [-0.05, 0) is 19.4 Å². The molecule has 5 nitrogen and oxygen atoms in total. The lowest BCUT2D eigenvalue weighted by molar-refractivity contribution is 0.473. The monoisotopic (exact) mass is 182 g/mol. The Morgan fingerprint density at radius 1 is 1.45 bits per heavy atom. The Balaban J connectivity index is 3.61. The molecule has 11 heavy (non-hydrogen) atoms. The Hall–Kier alpha value is -0.170. The Kier molecular flexibility index (Phi) is 4.58. The molecule has 0 heterocycles. The Morgan fingerprint density at radius 3 is 2.36 bits per heavy atom. The highest BCUT2D eigenvalue weighted by Crippen LogP contribution is 1.95. The largest absolute Gasteiger partial charge is 0.330 e. The predicted molar refractivity (Wildman–Crippen MR) is 42.7 cm³/mol. The summed E-state index contributed by atoms with van der Waals surface area (Å²) in [5.41, 5.74) is 10.5. The summed E-state index contributed by atoms with van der Waals surface area (Å²) in [6, 6.07) is -0.506. The van der Waals surface area contributed by atoms with E-state index in [1.165, 1.54) is 0 Å². The van der Waals surface area contributed by atoms with Crippen molar-refractivity contribution in [3.8, 4) is 0 Å². The lowest BCUT2D eigenvalue weighted by Crippen LogP contribution is -2.29. The minimum atomic E-state index is -3.92. The van der Waals surface area contributed by atoms with Gasteiger partial charge in [-0.3, -0.25) is 4.55 Å². The first kappa shape index (κ1) is 10.8. The SMILES string of the molecule is NCCCC(N)CS(=O)(=O)O. The fraction of sp³-hybridized carbons (Fsp3) is 1.00. The smallest absolute Gasteiger partial charge is 0.266 e. The van der Waals surface area contributed by atoms with E-state index in [0.717, 1.165) is 0 Å². The molecule has 0 aliphatic carbocycles. The van der Waals surface area contributed by atoms with E-state index in [1.54, 1.807) is 0 Å². The highest BCUT2D eigenvalue weighted by Gasteiger charge is 2.11. The maximum atomic E-state index is 10.2. The minimum Gasteiger partial charge on any atom is -0.330 e. The van der Waals surface area contributed by atoms with Gasteiger partial charge in [-0.1, -0.05) is 0 Å². The standard InChI is InChI=1S/C5H14N2O3S/c6-3-1-2-5(7)4-11(8,9)10/h5H,1-4,6-7H2,(H,8,9,10). The first-order chi connectivity index (χ1) is 4.95. The van der Waals surface area contributed by atoms with Crippen molar-refractivity contribution in [2.45, 2.75) is 18.9 Å². The summed E-state index contributed by atoms with van der Waals surface area (Å²) in [7, 11) is -3.92. The molecule has 0 aliphatic heterocycles. The van der Waals surface area contributed by atoms with Crippen molar-refractivity contribution in [3.05, 3.63) is 0 Å². The zero-order valence-corrected chi connectivity index (χ0v) is 7.05. The molecular weight excluding hydrogens is 168 g/mol. The van der Waals surface area contributed by atoms with Crippen molar-refractivity contribution in [3.63, 3.8) is 0 Å². The molecule has 1 unspecified atom stereocenters. The van der Waals surface area contributed by atoms with Crippen LogP contribution in [0.3, 0.4) is 0 Å². The van der Waals surface area contributed by atoms with E-state index in [-0.39, 0.29) is 5.75 Å². The van der Waals surface area contributed by atoms with E-state index >= 15 is 0 Å². The van der Waals surface area contributed by atoms with Gasteiger partial charge in [0.05, 0.1) is 5.75 Å². The molecule has 0 saturated carbocycles. The fourth-order valence-electron chi connectivity index (χ4n) is 0.734. The molecule has 68 valence electrons. The normalized spacial score (nSPS) is 14.8. The first-order valence-corrected chi connectivity index (χ1v) is 4.97. The van der Waals surface area contributed by atoms with E-state index < -0.39 is 16.2 Å². The molecule has 0 amide bonds. The van der Waals surface area contributed by atoms with Gasteiger partial charge in [-0.2, -0.15) is 8.42 Å². The average Bonchev–Trinajstić information content (AvgIpc) is 1.79. The molecule has 0 aromatic rings. The van der Waals surface area contributed by atoms with Gasteiger partial charge in [0.15, 0.2) is 0 Å². The molecule has 0 radical (unpaired) electrons. The quantitative estimate of drug-likeness (QED) is 0.470. The summed E-state index contributed by atoms with van der Waals surface area (Å²) >= 11 is 0. The Labute approximate surface area is 66.5 Å². The van der Waals surface area contributed by atoms with Crippen LogP contribution >= 0.6 is 0 Å². The van der Waals surface area contributed by atoms with Crippen LogP contribution in [0.2, 0.25) is 0 Å². The van der Waals surface area contributed by atoms with Crippen molar-refractivity contribution >= 4 is 10.1 Å². The maximum Gasteiger partial charge on any atom is 0.266 e. The molecule has 0 rings (SSSR count). The lowest BCUT2D eigenvalue weighted by Gasteiger charge is -2.07. The third-order valence-electron chi connectivity index (χ3n) is 1.20. The molecule has 0 spiro atoms. The number of hydrogen-bond donors (Lipinski definition) is 3. The highest BCUT2D eigenvalue weighted by molar-refractivity contribution is 7.85. The number of rotatable bonds is 5. The number of hydrogen-bond acceptors (Lipinski definition) is 4. The van der Waals surface area contributed by atoms with Crippen LogP contribution in [0.25, 0.3) is 0 Å². The average molecular weight is 182 g/mol. The minimum absolute atomic E-state index is 0.382. The highest BCUT2D eigenvalue weighted by atomic mass is 32.2. The van der Waals surface area contributed by atoms with E-state index in [0.29, 0.717) is 19.4 Å². The third-order valence-corrected chi connectivity index (χ3v) is 2.05. The summed E-state index contributed by atoms with van der Waals surface area (Å²) in [6.45, 7) is 0.485. The molecule has 0 aromatic heterocycles. The van der Waals surface area contributed by atoms with E-state index in [1.807, 2.05) is 0 Å². The fourth-order valence-corrected chi connectivity index (χ4v) is 1.44. The second kappa shape index (κ2) is 4.66. The summed E-state index contributed by atoms with van der Waals surface area (Å²) in [4.78, 5) is 0. The van der Waals surface area contributed by atoms with Crippen molar-refractivity contribution < 1.29 is 13.0 Å². The van der Waals surface area contributed by atoms with Gasteiger partial charge >= 0.3 is 0 Å². The van der Waals surface area contributed by atoms with Crippen molar-refractivity contribution in [1.82, 2.24) is 0 Å². The topological polar surface area (TPSA) is 106 Å². The predicted octanol–water partition coefficient (Wildman–Crippen LogP) is -1.06. The lowest BCUT2D eigenvalue weighted by atomic mass is 10.2. The van der Waals surface area contributed by atoms with Crippen LogP contribution in [-0.2, 0) is 10.1 Å². The van der Waals surface area contributed by atoms with Crippen LogP contribution in [0.15, 0.2) is 0 Å². The van der Waals surface area contributed by atoms with Crippen LogP contribution in [0.5, 0.6) is 0 Å². The summed E-state index contributed by atoms with van der Waals surface area (Å²) < 4.78 is 28.8. The summed E-state index contributed by atoms with van der Waals surface area (Å²) in [5, 5.41) is 0. The van der Waals surface area contributed by atoms with Crippen molar-refractivity contribution in [2.75, 3.05) is 12.3 Å². The van der Waals surface area contributed by atoms with Crippen LogP contribution in [0, 0.1) is 0 Å². The van der Waals surface area contributed by atoms with Gasteiger partial charge in [-0.25, -0.2) is 0 Å². The Morgan fingerprint density at radius 2 is 2.00 bits per heavy atom. The van der Waals surface area contributed by atoms with E-state index in [4.69, 9.17) is 16.0 Å². The molecule has 6 heteroatoms. The Bertz CT molecular complexity index is 190. The second-order valence-corrected chi connectivity index (χ2v) is 3.94. The van der Waals surface area contributed by atoms with Crippen LogP contribution in [-0.4, -0.2) is 31.3 Å². The molecule has 5 N–H and O–H groups in total. The van der Waals surface area contributed by atoms with Gasteiger partial charge in [0.1, 0.15) is 0 Å².